The lowest BCUT2D eigenvalue weighted by Gasteiger charge is -2.36. The molecule has 2 unspecified atom stereocenters. The van der Waals surface area contributed by atoms with Crippen LogP contribution in [0.25, 0.3) is 16.9 Å². The lowest BCUT2D eigenvalue weighted by Crippen LogP contribution is -2.45. The van der Waals surface area contributed by atoms with Crippen molar-refractivity contribution in [3.8, 4) is 17.1 Å². The van der Waals surface area contributed by atoms with Gasteiger partial charge in [-0.2, -0.15) is 0 Å². The van der Waals surface area contributed by atoms with Gasteiger partial charge in [0.15, 0.2) is 5.65 Å². The molecule has 4 heterocycles. The molecular weight excluding hydrogens is 614 g/mol. The first kappa shape index (κ1) is 34.4. The van der Waals surface area contributed by atoms with Gasteiger partial charge in [0.05, 0.1) is 37.3 Å². The summed E-state index contributed by atoms with van der Waals surface area (Å²) in [6, 6.07) is 24.6. The van der Waals surface area contributed by atoms with Crippen LogP contribution in [0.4, 0.5) is 4.79 Å². The van der Waals surface area contributed by atoms with Crippen LogP contribution in [0.3, 0.4) is 0 Å². The molecule has 2 atom stereocenters. The van der Waals surface area contributed by atoms with E-state index in [1.807, 2.05) is 76.2 Å². The van der Waals surface area contributed by atoms with E-state index < -0.39 is 0 Å². The summed E-state index contributed by atoms with van der Waals surface area (Å²) in [5.41, 5.74) is 4.96. The minimum absolute atomic E-state index is 0.275. The molecule has 2 aromatic carbocycles. The van der Waals surface area contributed by atoms with Crippen molar-refractivity contribution >= 4 is 11.7 Å². The van der Waals surface area contributed by atoms with Gasteiger partial charge < -0.3 is 18.8 Å². The molecule has 1 aliphatic heterocycles. The first-order valence-electron chi connectivity index (χ1n) is 17.7. The molecule has 0 N–H and O–H groups in total. The third-order valence-electron chi connectivity index (χ3n) is 9.17. The normalized spacial score (nSPS) is 15.0. The van der Waals surface area contributed by atoms with E-state index in [0.29, 0.717) is 49.2 Å². The molecule has 0 bridgehead atoms. The van der Waals surface area contributed by atoms with Crippen LogP contribution in [0.1, 0.15) is 63.2 Å². The third-order valence-corrected chi connectivity index (χ3v) is 9.17. The molecule has 9 heteroatoms. The Morgan fingerprint density at radius 2 is 1.63 bits per heavy atom. The van der Waals surface area contributed by atoms with Gasteiger partial charge in [-0.3, -0.25) is 9.30 Å². The lowest BCUT2D eigenvalue weighted by molar-refractivity contribution is 0.00978. The highest BCUT2D eigenvalue weighted by Crippen LogP contribution is 2.30. The Labute approximate surface area is 289 Å². The molecule has 0 spiro atoms. The summed E-state index contributed by atoms with van der Waals surface area (Å²) in [4.78, 5) is 28.9. The number of ether oxygens (including phenoxy) is 2. The predicted octanol–water partition coefficient (Wildman–Crippen LogP) is 7.76. The highest BCUT2D eigenvalue weighted by atomic mass is 16.6. The molecule has 0 saturated carbocycles. The number of carbonyl (C=O) groups excluding carboxylic acids is 1. The number of furan rings is 1. The van der Waals surface area contributed by atoms with Crippen LogP contribution in [0.15, 0.2) is 89.7 Å². The van der Waals surface area contributed by atoms with Crippen molar-refractivity contribution in [3.05, 3.63) is 108 Å². The second kappa shape index (κ2) is 16.3. The molecule has 5 aromatic rings. The molecule has 1 fully saturated rings. The van der Waals surface area contributed by atoms with Crippen molar-refractivity contribution in [2.45, 2.75) is 59.4 Å². The molecule has 3 aromatic heterocycles. The van der Waals surface area contributed by atoms with Crippen LogP contribution in [-0.2, 0) is 17.6 Å². The van der Waals surface area contributed by atoms with E-state index in [2.05, 4.69) is 44.7 Å². The Kier molecular flexibility index (Phi) is 11.4. The van der Waals surface area contributed by atoms with Gasteiger partial charge in [0, 0.05) is 50.4 Å². The average Bonchev–Trinajstić information content (AvgIpc) is 3.76. The van der Waals surface area contributed by atoms with E-state index in [1.54, 1.807) is 6.26 Å². The largest absolute Gasteiger partial charge is 0.469 e. The first-order valence-corrected chi connectivity index (χ1v) is 17.7. The number of amides is 1. The molecule has 9 nitrogen and oxygen atoms in total. The topological polar surface area (TPSA) is 85.3 Å². The van der Waals surface area contributed by atoms with Crippen molar-refractivity contribution in [2.75, 3.05) is 39.4 Å². The number of carbonyl (C=O) groups is 1. The van der Waals surface area contributed by atoms with Crippen molar-refractivity contribution in [2.24, 2.45) is 11.8 Å². The Morgan fingerprint density at radius 3 is 2.31 bits per heavy atom. The number of nitrogens with zero attached hydrogens (tertiary/aromatic N) is 5. The van der Waals surface area contributed by atoms with Crippen LogP contribution in [-0.4, -0.2) is 75.7 Å². The van der Waals surface area contributed by atoms with Crippen molar-refractivity contribution < 1.29 is 18.7 Å². The van der Waals surface area contributed by atoms with Crippen molar-refractivity contribution in [1.82, 2.24) is 24.2 Å². The second-order valence-electron chi connectivity index (χ2n) is 13.6. The number of imidazole rings is 1. The fraction of sp³-hybridized carbons (Fsp3) is 0.425. The van der Waals surface area contributed by atoms with Crippen molar-refractivity contribution in [1.29, 1.82) is 0 Å². The Bertz CT molecular complexity index is 1770. The number of aromatic nitrogens is 3. The minimum atomic E-state index is -0.370. The SMILES string of the molecule is CCC(CC(C)CN(CC(C)C)C(=O)Oc1c(Cc2ccco2)nc2c(Cc3ccccc3)nc(-c3ccccc3)cn12)N1CCOCC1. The highest BCUT2D eigenvalue weighted by Gasteiger charge is 2.28. The molecule has 6 rings (SSSR count). The molecule has 0 aliphatic carbocycles. The van der Waals surface area contributed by atoms with Crippen LogP contribution in [0.5, 0.6) is 5.88 Å². The summed E-state index contributed by atoms with van der Waals surface area (Å²) in [5.74, 6) is 1.70. The Balaban J connectivity index is 1.35. The van der Waals surface area contributed by atoms with Gasteiger partial charge in [-0.25, -0.2) is 14.8 Å². The maximum atomic E-state index is 14.3. The first-order chi connectivity index (χ1) is 23.9. The number of morpholine rings is 1. The van der Waals surface area contributed by atoms with E-state index >= 15 is 0 Å². The Morgan fingerprint density at radius 1 is 0.898 bits per heavy atom. The van der Waals surface area contributed by atoms with Crippen LogP contribution < -0.4 is 4.74 Å². The van der Waals surface area contributed by atoms with Gasteiger partial charge in [0.25, 0.3) is 0 Å². The molecule has 1 saturated heterocycles. The van der Waals surface area contributed by atoms with E-state index in [-0.39, 0.29) is 17.9 Å². The predicted molar refractivity (Wildman–Crippen MR) is 192 cm³/mol. The Hall–Kier alpha value is -4.47. The number of rotatable bonds is 14. The lowest BCUT2D eigenvalue weighted by atomic mass is 9.97. The van der Waals surface area contributed by atoms with E-state index in [4.69, 9.17) is 23.9 Å². The summed E-state index contributed by atoms with van der Waals surface area (Å²) in [6.07, 6.45) is 6.25. The zero-order valence-corrected chi connectivity index (χ0v) is 29.3. The summed E-state index contributed by atoms with van der Waals surface area (Å²) in [7, 11) is 0. The van der Waals surface area contributed by atoms with Gasteiger partial charge in [0.1, 0.15) is 11.5 Å². The number of hydrogen-bond acceptors (Lipinski definition) is 7. The monoisotopic (exact) mass is 663 g/mol. The molecule has 0 radical (unpaired) electrons. The molecule has 1 aliphatic rings. The smallest absolute Gasteiger partial charge is 0.416 e. The zero-order valence-electron chi connectivity index (χ0n) is 29.3. The maximum Gasteiger partial charge on any atom is 0.416 e. The number of hydrogen-bond donors (Lipinski definition) is 0. The van der Waals surface area contributed by atoms with Gasteiger partial charge in [0.2, 0.25) is 5.88 Å². The van der Waals surface area contributed by atoms with Crippen LogP contribution >= 0.6 is 0 Å². The van der Waals surface area contributed by atoms with Crippen LogP contribution in [0.2, 0.25) is 0 Å². The van der Waals surface area contributed by atoms with Gasteiger partial charge in [-0.1, -0.05) is 88.4 Å². The number of fused-ring (bicyclic) bond motifs is 1. The highest BCUT2D eigenvalue weighted by molar-refractivity contribution is 5.72. The summed E-state index contributed by atoms with van der Waals surface area (Å²) in [6.45, 7) is 13.5. The fourth-order valence-corrected chi connectivity index (χ4v) is 6.84. The summed E-state index contributed by atoms with van der Waals surface area (Å²) >= 11 is 0. The van der Waals surface area contributed by atoms with Gasteiger partial charge >= 0.3 is 6.09 Å². The maximum absolute atomic E-state index is 14.3. The zero-order chi connectivity index (χ0) is 34.2. The van der Waals surface area contributed by atoms with E-state index in [1.165, 1.54) is 0 Å². The average molecular weight is 664 g/mol. The van der Waals surface area contributed by atoms with Crippen LogP contribution in [0, 0.1) is 11.8 Å². The summed E-state index contributed by atoms with van der Waals surface area (Å²) in [5, 5.41) is 0. The number of benzene rings is 2. The quantitative estimate of drug-likeness (QED) is 0.120. The molecular formula is C40H49N5O4. The fourth-order valence-electron chi connectivity index (χ4n) is 6.84. The van der Waals surface area contributed by atoms with E-state index in [9.17, 15) is 4.79 Å². The van der Waals surface area contributed by atoms with Gasteiger partial charge in [-0.05, 0) is 42.4 Å². The van der Waals surface area contributed by atoms with E-state index in [0.717, 1.165) is 67.4 Å². The third kappa shape index (κ3) is 8.77. The second-order valence-corrected chi connectivity index (χ2v) is 13.6. The molecule has 1 amide bonds. The molecule has 49 heavy (non-hydrogen) atoms. The molecule has 258 valence electrons. The summed E-state index contributed by atoms with van der Waals surface area (Å²) < 4.78 is 19.7. The van der Waals surface area contributed by atoms with Gasteiger partial charge in [-0.15, -0.1) is 0 Å². The standard InChI is InChI=1S/C40H49N5O4/c1-5-33(43-18-21-47-22-19-43)23-30(4)27-44(26-29(2)3)40(46)49-39-36(25-34-17-12-20-48-34)42-38-35(24-31-13-8-6-9-14-31)41-37(28-45(38)39)32-15-10-7-11-16-32/h6-17,20,28-30,33H,5,18-19,21-27H2,1-4H3. The van der Waals surface area contributed by atoms with Crippen molar-refractivity contribution in [3.63, 3.8) is 0 Å². The minimum Gasteiger partial charge on any atom is -0.469 e.